The van der Waals surface area contributed by atoms with Gasteiger partial charge in [0.05, 0.1) is 0 Å². The van der Waals surface area contributed by atoms with E-state index in [-0.39, 0.29) is 6.04 Å². The van der Waals surface area contributed by atoms with E-state index in [9.17, 15) is 4.79 Å². The van der Waals surface area contributed by atoms with Crippen LogP contribution in [0.15, 0.2) is 36.5 Å². The van der Waals surface area contributed by atoms with Gasteiger partial charge in [0.25, 0.3) is 0 Å². The van der Waals surface area contributed by atoms with Crippen molar-refractivity contribution in [3.05, 3.63) is 53.3 Å². The zero-order chi connectivity index (χ0) is 13.4. The van der Waals surface area contributed by atoms with Crippen molar-refractivity contribution >= 4 is 5.91 Å². The summed E-state index contributed by atoms with van der Waals surface area (Å²) in [6.45, 7) is 0. The monoisotopic (exact) mass is 255 g/mol. The average molecular weight is 255 g/mol. The van der Waals surface area contributed by atoms with E-state index in [0.717, 1.165) is 24.9 Å². The lowest BCUT2D eigenvalue weighted by Crippen LogP contribution is -2.17. The van der Waals surface area contributed by atoms with Gasteiger partial charge in [-0.05, 0) is 55.2 Å². The van der Waals surface area contributed by atoms with Gasteiger partial charge in [-0.3, -0.25) is 4.79 Å². The Kier molecular flexibility index (Phi) is 2.87. The van der Waals surface area contributed by atoms with Crippen LogP contribution in [0.4, 0.5) is 0 Å². The number of amides is 1. The number of benzene rings is 1. The van der Waals surface area contributed by atoms with Crippen molar-refractivity contribution in [2.24, 2.45) is 11.5 Å². The SMILES string of the molecule is NC(=O)c1ccc(-n2ccc3c2CCCC3N)cc1. The molecule has 98 valence electrons. The number of aromatic nitrogens is 1. The molecule has 3 rings (SSSR count). The number of hydrogen-bond donors (Lipinski definition) is 2. The van der Waals surface area contributed by atoms with Gasteiger partial charge in [0.1, 0.15) is 0 Å². The highest BCUT2D eigenvalue weighted by atomic mass is 16.1. The largest absolute Gasteiger partial charge is 0.366 e. The molecule has 1 aromatic carbocycles. The van der Waals surface area contributed by atoms with Crippen LogP contribution in [0.3, 0.4) is 0 Å². The van der Waals surface area contributed by atoms with Crippen LogP contribution in [0, 0.1) is 0 Å². The Morgan fingerprint density at radius 3 is 2.63 bits per heavy atom. The van der Waals surface area contributed by atoms with Gasteiger partial charge in [-0.2, -0.15) is 0 Å². The van der Waals surface area contributed by atoms with E-state index in [1.54, 1.807) is 12.1 Å². The molecule has 0 aliphatic heterocycles. The normalized spacial score (nSPS) is 18.1. The second-order valence-corrected chi connectivity index (χ2v) is 5.00. The van der Waals surface area contributed by atoms with E-state index in [1.165, 1.54) is 11.3 Å². The van der Waals surface area contributed by atoms with Crippen molar-refractivity contribution in [2.75, 3.05) is 0 Å². The lowest BCUT2D eigenvalue weighted by atomic mass is 9.93. The van der Waals surface area contributed by atoms with Gasteiger partial charge < -0.3 is 16.0 Å². The summed E-state index contributed by atoms with van der Waals surface area (Å²) >= 11 is 0. The molecule has 19 heavy (non-hydrogen) atoms. The first-order chi connectivity index (χ1) is 9.16. The molecule has 0 spiro atoms. The number of nitrogens with two attached hydrogens (primary N) is 2. The summed E-state index contributed by atoms with van der Waals surface area (Å²) in [4.78, 5) is 11.1. The number of primary amides is 1. The number of carbonyl (C=O) groups excluding carboxylic acids is 1. The molecule has 0 saturated carbocycles. The van der Waals surface area contributed by atoms with Crippen molar-refractivity contribution in [2.45, 2.75) is 25.3 Å². The van der Waals surface area contributed by atoms with Gasteiger partial charge in [-0.15, -0.1) is 0 Å². The minimum Gasteiger partial charge on any atom is -0.366 e. The van der Waals surface area contributed by atoms with Crippen LogP contribution >= 0.6 is 0 Å². The summed E-state index contributed by atoms with van der Waals surface area (Å²) < 4.78 is 2.15. The third-order valence-electron chi connectivity index (χ3n) is 3.79. The summed E-state index contributed by atoms with van der Waals surface area (Å²) in [5.41, 5.74) is 15.5. The lowest BCUT2D eigenvalue weighted by molar-refractivity contribution is 0.100. The third-order valence-corrected chi connectivity index (χ3v) is 3.79. The van der Waals surface area contributed by atoms with E-state index < -0.39 is 5.91 Å². The Morgan fingerprint density at radius 2 is 1.95 bits per heavy atom. The molecule has 4 nitrogen and oxygen atoms in total. The highest BCUT2D eigenvalue weighted by Crippen LogP contribution is 2.30. The Morgan fingerprint density at radius 1 is 1.21 bits per heavy atom. The van der Waals surface area contributed by atoms with Gasteiger partial charge >= 0.3 is 0 Å². The maximum atomic E-state index is 11.1. The Labute approximate surface area is 112 Å². The van der Waals surface area contributed by atoms with E-state index in [0.29, 0.717) is 5.56 Å². The molecule has 0 radical (unpaired) electrons. The smallest absolute Gasteiger partial charge is 0.248 e. The molecule has 1 unspecified atom stereocenters. The summed E-state index contributed by atoms with van der Waals surface area (Å²) in [6.07, 6.45) is 5.28. The van der Waals surface area contributed by atoms with Gasteiger partial charge in [0, 0.05) is 29.2 Å². The lowest BCUT2D eigenvalue weighted by Gasteiger charge is -2.21. The Hall–Kier alpha value is -2.07. The zero-order valence-electron chi connectivity index (χ0n) is 10.7. The minimum absolute atomic E-state index is 0.148. The van der Waals surface area contributed by atoms with Gasteiger partial charge in [0.15, 0.2) is 0 Å². The summed E-state index contributed by atoms with van der Waals surface area (Å²) in [5.74, 6) is -0.400. The van der Waals surface area contributed by atoms with Crippen LogP contribution in [0.1, 0.15) is 40.5 Å². The molecular weight excluding hydrogens is 238 g/mol. The molecule has 0 saturated heterocycles. The molecular formula is C15H17N3O. The highest BCUT2D eigenvalue weighted by molar-refractivity contribution is 5.92. The Bertz CT molecular complexity index is 613. The van der Waals surface area contributed by atoms with Gasteiger partial charge in [0.2, 0.25) is 5.91 Å². The first kappa shape index (κ1) is 12.0. The molecule has 1 atom stereocenters. The number of rotatable bonds is 2. The average Bonchev–Trinajstić information content (AvgIpc) is 2.84. The molecule has 2 aromatic rings. The van der Waals surface area contributed by atoms with Crippen LogP contribution in [0.2, 0.25) is 0 Å². The number of hydrogen-bond acceptors (Lipinski definition) is 2. The van der Waals surface area contributed by atoms with E-state index in [2.05, 4.69) is 16.8 Å². The van der Waals surface area contributed by atoms with Crippen molar-refractivity contribution in [3.63, 3.8) is 0 Å². The van der Waals surface area contributed by atoms with Crippen molar-refractivity contribution in [1.82, 2.24) is 4.57 Å². The quantitative estimate of drug-likeness (QED) is 0.860. The van der Waals surface area contributed by atoms with Crippen LogP contribution < -0.4 is 11.5 Å². The van der Waals surface area contributed by atoms with Crippen LogP contribution in [0.5, 0.6) is 0 Å². The second-order valence-electron chi connectivity index (χ2n) is 5.00. The van der Waals surface area contributed by atoms with Crippen molar-refractivity contribution in [3.8, 4) is 5.69 Å². The molecule has 0 bridgehead atoms. The predicted molar refractivity (Wildman–Crippen MR) is 74.2 cm³/mol. The molecule has 4 N–H and O–H groups in total. The summed E-state index contributed by atoms with van der Waals surface area (Å²) in [6, 6.07) is 9.59. The first-order valence-corrected chi connectivity index (χ1v) is 6.53. The fourth-order valence-electron chi connectivity index (χ4n) is 2.76. The van der Waals surface area contributed by atoms with E-state index >= 15 is 0 Å². The predicted octanol–water partition coefficient (Wildman–Crippen LogP) is 1.91. The highest BCUT2D eigenvalue weighted by Gasteiger charge is 2.20. The third kappa shape index (κ3) is 2.04. The number of carbonyl (C=O) groups is 1. The molecule has 1 aliphatic carbocycles. The first-order valence-electron chi connectivity index (χ1n) is 6.53. The molecule has 1 aromatic heterocycles. The maximum absolute atomic E-state index is 11.1. The summed E-state index contributed by atoms with van der Waals surface area (Å²) in [5, 5.41) is 0. The zero-order valence-corrected chi connectivity index (χ0v) is 10.7. The fourth-order valence-corrected chi connectivity index (χ4v) is 2.76. The molecule has 0 fully saturated rings. The molecule has 1 aliphatic rings. The van der Waals surface area contributed by atoms with Crippen LogP contribution in [0.25, 0.3) is 5.69 Å². The Balaban J connectivity index is 2.01. The molecule has 4 heteroatoms. The second kappa shape index (κ2) is 4.55. The molecule has 1 heterocycles. The van der Waals surface area contributed by atoms with Crippen LogP contribution in [-0.4, -0.2) is 10.5 Å². The summed E-state index contributed by atoms with van der Waals surface area (Å²) in [7, 11) is 0. The molecule has 1 amide bonds. The van der Waals surface area contributed by atoms with Crippen molar-refractivity contribution in [1.29, 1.82) is 0 Å². The minimum atomic E-state index is -0.400. The standard InChI is InChI=1S/C15H17N3O/c16-13-2-1-3-14-12(13)8-9-18(14)11-6-4-10(5-7-11)15(17)19/h4-9,13H,1-3,16H2,(H2,17,19). The maximum Gasteiger partial charge on any atom is 0.248 e. The fraction of sp³-hybridized carbons (Fsp3) is 0.267. The van der Waals surface area contributed by atoms with Crippen molar-refractivity contribution < 1.29 is 4.79 Å². The van der Waals surface area contributed by atoms with Crippen LogP contribution in [-0.2, 0) is 6.42 Å². The van der Waals surface area contributed by atoms with E-state index in [4.69, 9.17) is 11.5 Å². The van der Waals surface area contributed by atoms with E-state index in [1.807, 2.05) is 12.1 Å². The topological polar surface area (TPSA) is 74.0 Å². The van der Waals surface area contributed by atoms with Gasteiger partial charge in [-0.1, -0.05) is 0 Å². The number of nitrogens with zero attached hydrogens (tertiary/aromatic N) is 1. The van der Waals surface area contributed by atoms with Gasteiger partial charge in [-0.25, -0.2) is 0 Å². The number of fused-ring (bicyclic) bond motifs is 1.